The lowest BCUT2D eigenvalue weighted by molar-refractivity contribution is -0.117. The molecular weight excluding hydrogens is 382 g/mol. The zero-order valence-corrected chi connectivity index (χ0v) is 17.0. The van der Waals surface area contributed by atoms with Crippen molar-refractivity contribution in [2.75, 3.05) is 24.5 Å². The Bertz CT molecular complexity index is 1030. The second-order valence-corrected chi connectivity index (χ2v) is 8.87. The van der Waals surface area contributed by atoms with Crippen LogP contribution in [0.3, 0.4) is 0 Å². The molecule has 2 aliphatic rings. The van der Waals surface area contributed by atoms with Crippen LogP contribution in [0, 0.1) is 0 Å². The van der Waals surface area contributed by atoms with Crippen molar-refractivity contribution in [2.45, 2.75) is 31.6 Å². The number of benzene rings is 2. The molecule has 3 aromatic rings. The van der Waals surface area contributed by atoms with E-state index < -0.39 is 0 Å². The molecule has 0 spiro atoms. The number of carbonyl (C=O) groups is 2. The van der Waals surface area contributed by atoms with Gasteiger partial charge in [-0.2, -0.15) is 0 Å². The van der Waals surface area contributed by atoms with Gasteiger partial charge in [-0.1, -0.05) is 12.1 Å². The Hall–Kier alpha value is -2.73. The summed E-state index contributed by atoms with van der Waals surface area (Å²) in [6.07, 6.45) is 3.58. The number of anilines is 1. The van der Waals surface area contributed by atoms with Crippen molar-refractivity contribution in [2.24, 2.45) is 0 Å². The van der Waals surface area contributed by atoms with Crippen molar-refractivity contribution in [1.82, 2.24) is 9.88 Å². The third kappa shape index (κ3) is 3.53. The summed E-state index contributed by atoms with van der Waals surface area (Å²) < 4.78 is 1.21. The van der Waals surface area contributed by atoms with E-state index in [4.69, 9.17) is 4.98 Å². The zero-order chi connectivity index (χ0) is 19.8. The number of amides is 2. The number of thiazole rings is 1. The lowest BCUT2D eigenvalue weighted by atomic mass is 9.98. The number of hydrogen-bond donors (Lipinski definition) is 0. The molecule has 0 radical (unpaired) electrons. The highest BCUT2D eigenvalue weighted by molar-refractivity contribution is 7.18. The number of rotatable bonds is 3. The molecular formula is C23H23N3O2S. The van der Waals surface area contributed by atoms with Crippen LogP contribution in [0.25, 0.3) is 10.2 Å². The summed E-state index contributed by atoms with van der Waals surface area (Å²) in [4.78, 5) is 33.6. The van der Waals surface area contributed by atoms with Gasteiger partial charge in [-0.25, -0.2) is 4.98 Å². The van der Waals surface area contributed by atoms with Gasteiger partial charge in [0.25, 0.3) is 5.91 Å². The minimum absolute atomic E-state index is 0.0649. The van der Waals surface area contributed by atoms with E-state index in [1.165, 1.54) is 4.70 Å². The fraction of sp³-hybridized carbons (Fsp3) is 0.348. The summed E-state index contributed by atoms with van der Waals surface area (Å²) in [6, 6.07) is 15.7. The maximum atomic E-state index is 13.1. The maximum absolute atomic E-state index is 13.1. The van der Waals surface area contributed by atoms with Crippen molar-refractivity contribution in [3.63, 3.8) is 0 Å². The van der Waals surface area contributed by atoms with Gasteiger partial charge in [0.2, 0.25) is 5.91 Å². The second-order valence-electron chi connectivity index (χ2n) is 7.81. The Morgan fingerprint density at radius 3 is 2.62 bits per heavy atom. The SMILES string of the molecule is O=C(c1ccc(N2CCCC2=O)cc1)N1CCCC(c2nc3ccccc3s2)C1. The minimum Gasteiger partial charge on any atom is -0.338 e. The largest absolute Gasteiger partial charge is 0.338 e. The minimum atomic E-state index is 0.0649. The van der Waals surface area contributed by atoms with Crippen molar-refractivity contribution in [1.29, 1.82) is 0 Å². The topological polar surface area (TPSA) is 53.5 Å². The molecule has 2 fully saturated rings. The number of aromatic nitrogens is 1. The van der Waals surface area contributed by atoms with Crippen LogP contribution in [-0.4, -0.2) is 41.3 Å². The summed E-state index contributed by atoms with van der Waals surface area (Å²) in [5.74, 6) is 0.528. The van der Waals surface area contributed by atoms with Crippen LogP contribution < -0.4 is 4.90 Å². The molecule has 2 aliphatic heterocycles. The first-order valence-corrected chi connectivity index (χ1v) is 11.1. The fourth-order valence-corrected chi connectivity index (χ4v) is 5.41. The standard InChI is InChI=1S/C23H23N3O2S/c27-21-8-4-14-26(21)18-11-9-16(10-12-18)23(28)25-13-3-5-17(15-25)22-24-19-6-1-2-7-20(19)29-22/h1-2,6-7,9-12,17H,3-5,8,13-15H2. The summed E-state index contributed by atoms with van der Waals surface area (Å²) in [5.41, 5.74) is 2.61. The van der Waals surface area contributed by atoms with Crippen LogP contribution in [0.1, 0.15) is 47.0 Å². The van der Waals surface area contributed by atoms with Gasteiger partial charge in [0.05, 0.1) is 15.2 Å². The molecule has 29 heavy (non-hydrogen) atoms. The Labute approximate surface area is 174 Å². The first-order chi connectivity index (χ1) is 14.2. The Morgan fingerprint density at radius 1 is 1.03 bits per heavy atom. The molecule has 0 bridgehead atoms. The normalized spacial score (nSPS) is 19.9. The molecule has 1 atom stereocenters. The van der Waals surface area contributed by atoms with Gasteiger partial charge in [-0.3, -0.25) is 9.59 Å². The molecule has 2 saturated heterocycles. The number of para-hydroxylation sites is 1. The average Bonchev–Trinajstić information content (AvgIpc) is 3.39. The van der Waals surface area contributed by atoms with E-state index in [1.807, 2.05) is 47.4 Å². The van der Waals surface area contributed by atoms with Crippen molar-refractivity contribution in [3.8, 4) is 0 Å². The van der Waals surface area contributed by atoms with E-state index >= 15 is 0 Å². The molecule has 0 N–H and O–H groups in total. The molecule has 148 valence electrons. The summed E-state index contributed by atoms with van der Waals surface area (Å²) in [5, 5.41) is 1.13. The fourth-order valence-electron chi connectivity index (χ4n) is 4.32. The van der Waals surface area contributed by atoms with Crippen LogP contribution >= 0.6 is 11.3 Å². The van der Waals surface area contributed by atoms with Crippen LogP contribution in [0.2, 0.25) is 0 Å². The maximum Gasteiger partial charge on any atom is 0.253 e. The number of likely N-dealkylation sites (tertiary alicyclic amines) is 1. The molecule has 2 aromatic carbocycles. The third-order valence-electron chi connectivity index (χ3n) is 5.87. The Morgan fingerprint density at radius 2 is 1.86 bits per heavy atom. The van der Waals surface area contributed by atoms with Gasteiger partial charge in [0.15, 0.2) is 0 Å². The third-order valence-corrected chi connectivity index (χ3v) is 7.07. The van der Waals surface area contributed by atoms with Gasteiger partial charge in [-0.15, -0.1) is 11.3 Å². The van der Waals surface area contributed by atoms with Gasteiger partial charge >= 0.3 is 0 Å². The smallest absolute Gasteiger partial charge is 0.253 e. The average molecular weight is 406 g/mol. The van der Waals surface area contributed by atoms with Crippen LogP contribution in [0.5, 0.6) is 0 Å². The monoisotopic (exact) mass is 405 g/mol. The van der Waals surface area contributed by atoms with E-state index in [9.17, 15) is 9.59 Å². The molecule has 1 unspecified atom stereocenters. The van der Waals surface area contributed by atoms with E-state index in [2.05, 4.69) is 6.07 Å². The van der Waals surface area contributed by atoms with Gasteiger partial charge < -0.3 is 9.80 Å². The van der Waals surface area contributed by atoms with Crippen LogP contribution in [0.15, 0.2) is 48.5 Å². The quantitative estimate of drug-likeness (QED) is 0.647. The van der Waals surface area contributed by atoms with Crippen LogP contribution in [0.4, 0.5) is 5.69 Å². The van der Waals surface area contributed by atoms with Crippen molar-refractivity contribution in [3.05, 3.63) is 59.1 Å². The van der Waals surface area contributed by atoms with Crippen molar-refractivity contribution < 1.29 is 9.59 Å². The van der Waals surface area contributed by atoms with Gasteiger partial charge in [0, 0.05) is 43.2 Å². The Kier molecular flexibility index (Phi) is 4.79. The van der Waals surface area contributed by atoms with E-state index in [0.717, 1.165) is 48.6 Å². The highest BCUT2D eigenvalue weighted by Crippen LogP contribution is 2.33. The number of carbonyl (C=O) groups excluding carboxylic acids is 2. The molecule has 0 aliphatic carbocycles. The van der Waals surface area contributed by atoms with Gasteiger partial charge in [0.1, 0.15) is 0 Å². The molecule has 1 aromatic heterocycles. The number of nitrogens with zero attached hydrogens (tertiary/aromatic N) is 3. The molecule has 2 amide bonds. The Balaban J connectivity index is 1.31. The molecule has 5 rings (SSSR count). The van der Waals surface area contributed by atoms with Crippen LogP contribution in [-0.2, 0) is 4.79 Å². The van der Waals surface area contributed by atoms with E-state index in [-0.39, 0.29) is 11.8 Å². The highest BCUT2D eigenvalue weighted by Gasteiger charge is 2.28. The summed E-state index contributed by atoms with van der Waals surface area (Å²) >= 11 is 1.74. The molecule has 0 saturated carbocycles. The predicted molar refractivity (Wildman–Crippen MR) is 116 cm³/mol. The zero-order valence-electron chi connectivity index (χ0n) is 16.2. The molecule has 6 heteroatoms. The van der Waals surface area contributed by atoms with Gasteiger partial charge in [-0.05, 0) is 55.7 Å². The first-order valence-electron chi connectivity index (χ1n) is 10.2. The summed E-state index contributed by atoms with van der Waals surface area (Å²) in [6.45, 7) is 2.26. The van der Waals surface area contributed by atoms with E-state index in [0.29, 0.717) is 24.4 Å². The lowest BCUT2D eigenvalue weighted by Crippen LogP contribution is -2.39. The molecule has 5 nitrogen and oxygen atoms in total. The van der Waals surface area contributed by atoms with E-state index in [1.54, 1.807) is 16.2 Å². The number of fused-ring (bicyclic) bond motifs is 1. The number of hydrogen-bond acceptors (Lipinski definition) is 4. The second kappa shape index (κ2) is 7.59. The number of piperidine rings is 1. The first kappa shape index (κ1) is 18.3. The predicted octanol–water partition coefficient (Wildman–Crippen LogP) is 4.44. The lowest BCUT2D eigenvalue weighted by Gasteiger charge is -2.32. The summed E-state index contributed by atoms with van der Waals surface area (Å²) in [7, 11) is 0. The molecule has 3 heterocycles. The highest BCUT2D eigenvalue weighted by atomic mass is 32.1. The van der Waals surface area contributed by atoms with Crippen molar-refractivity contribution >= 4 is 39.1 Å².